The molecule has 0 aliphatic heterocycles. The van der Waals surface area contributed by atoms with E-state index in [1.54, 1.807) is 30.0 Å². The van der Waals surface area contributed by atoms with Crippen LogP contribution in [0.25, 0.3) is 17.1 Å². The van der Waals surface area contributed by atoms with Crippen molar-refractivity contribution in [3.8, 4) is 22.8 Å². The van der Waals surface area contributed by atoms with E-state index in [-0.39, 0.29) is 5.97 Å². The Morgan fingerprint density at radius 3 is 2.50 bits per heavy atom. The van der Waals surface area contributed by atoms with E-state index in [4.69, 9.17) is 9.47 Å². The second kappa shape index (κ2) is 6.54. The fraction of sp³-hybridized carbons (Fsp3) is 0.167. The van der Waals surface area contributed by atoms with Crippen LogP contribution < -0.4 is 4.74 Å². The lowest BCUT2D eigenvalue weighted by atomic mass is 10.1. The number of rotatable bonds is 4. The summed E-state index contributed by atoms with van der Waals surface area (Å²) in [5.41, 5.74) is 2.11. The maximum absolute atomic E-state index is 11.7. The first-order chi connectivity index (χ1) is 11.6. The van der Waals surface area contributed by atoms with Crippen molar-refractivity contribution in [1.29, 1.82) is 0 Å². The first kappa shape index (κ1) is 15.7. The van der Waals surface area contributed by atoms with Crippen LogP contribution in [-0.2, 0) is 4.74 Å². The van der Waals surface area contributed by atoms with Gasteiger partial charge in [-0.05, 0) is 43.3 Å². The molecule has 0 N–H and O–H groups in total. The second-order valence-electron chi connectivity index (χ2n) is 5.16. The van der Waals surface area contributed by atoms with Gasteiger partial charge in [0, 0.05) is 5.56 Å². The molecule has 0 bridgehead atoms. The Kier molecular flexibility index (Phi) is 4.29. The maximum Gasteiger partial charge on any atom is 0.337 e. The Morgan fingerprint density at radius 2 is 1.83 bits per heavy atom. The summed E-state index contributed by atoms with van der Waals surface area (Å²) in [6, 6.07) is 14.7. The summed E-state index contributed by atoms with van der Waals surface area (Å²) in [5.74, 6) is 1.68. The van der Waals surface area contributed by atoms with Gasteiger partial charge in [0.2, 0.25) is 0 Å². The van der Waals surface area contributed by atoms with Crippen molar-refractivity contribution < 1.29 is 14.3 Å². The van der Waals surface area contributed by atoms with Crippen LogP contribution in [0.4, 0.5) is 0 Å². The van der Waals surface area contributed by atoms with Crippen molar-refractivity contribution in [2.24, 2.45) is 0 Å². The van der Waals surface area contributed by atoms with Gasteiger partial charge in [-0.25, -0.2) is 14.5 Å². The molecule has 0 radical (unpaired) electrons. The largest absolute Gasteiger partial charge is 0.497 e. The molecular weight excluding hydrogens is 306 g/mol. The van der Waals surface area contributed by atoms with Gasteiger partial charge in [-0.1, -0.05) is 12.1 Å². The van der Waals surface area contributed by atoms with E-state index in [2.05, 4.69) is 10.1 Å². The molecular formula is C18H17N3O3. The number of hydrogen-bond donors (Lipinski definition) is 0. The lowest BCUT2D eigenvalue weighted by molar-refractivity contribution is 0.0601. The van der Waals surface area contributed by atoms with Crippen molar-refractivity contribution in [2.75, 3.05) is 14.2 Å². The van der Waals surface area contributed by atoms with Crippen LogP contribution in [0.1, 0.15) is 16.2 Å². The van der Waals surface area contributed by atoms with Gasteiger partial charge in [0.05, 0.1) is 25.5 Å². The number of nitrogens with zero attached hydrogens (tertiary/aromatic N) is 3. The standard InChI is InChI=1S/C18H17N3O3/c1-12-19-17(13-5-4-6-14(11-13)18(22)24-3)21(20-12)15-7-9-16(23-2)10-8-15/h4-11H,1-3H3. The first-order valence-electron chi connectivity index (χ1n) is 7.39. The van der Waals surface area contributed by atoms with E-state index in [0.29, 0.717) is 17.2 Å². The average Bonchev–Trinajstić information content (AvgIpc) is 3.03. The van der Waals surface area contributed by atoms with Crippen molar-refractivity contribution in [1.82, 2.24) is 14.8 Å². The molecule has 0 saturated heterocycles. The Balaban J connectivity index is 2.07. The van der Waals surface area contributed by atoms with E-state index in [1.807, 2.05) is 37.3 Å². The van der Waals surface area contributed by atoms with Gasteiger partial charge in [0.25, 0.3) is 0 Å². The number of carbonyl (C=O) groups is 1. The summed E-state index contributed by atoms with van der Waals surface area (Å²) in [5, 5.41) is 4.46. The third-order valence-electron chi connectivity index (χ3n) is 3.57. The Labute approximate surface area is 139 Å². The molecule has 2 aromatic carbocycles. The summed E-state index contributed by atoms with van der Waals surface area (Å²) in [7, 11) is 2.98. The third-order valence-corrected chi connectivity index (χ3v) is 3.57. The molecule has 0 saturated carbocycles. The van der Waals surface area contributed by atoms with Crippen molar-refractivity contribution in [3.05, 3.63) is 59.9 Å². The van der Waals surface area contributed by atoms with Gasteiger partial charge >= 0.3 is 5.97 Å². The number of benzene rings is 2. The monoisotopic (exact) mass is 323 g/mol. The minimum atomic E-state index is -0.385. The highest BCUT2D eigenvalue weighted by molar-refractivity contribution is 5.90. The molecule has 3 rings (SSSR count). The highest BCUT2D eigenvalue weighted by atomic mass is 16.5. The van der Waals surface area contributed by atoms with Crippen molar-refractivity contribution >= 4 is 5.97 Å². The predicted octanol–water partition coefficient (Wildman–Crippen LogP) is 3.04. The Morgan fingerprint density at radius 1 is 1.08 bits per heavy atom. The fourth-order valence-electron chi connectivity index (χ4n) is 2.41. The number of hydrogen-bond acceptors (Lipinski definition) is 5. The van der Waals surface area contributed by atoms with Gasteiger partial charge < -0.3 is 9.47 Å². The molecule has 0 atom stereocenters. The van der Waals surface area contributed by atoms with Crippen molar-refractivity contribution in [3.63, 3.8) is 0 Å². The molecule has 0 fully saturated rings. The molecule has 6 heteroatoms. The molecule has 3 aromatic rings. The van der Waals surface area contributed by atoms with E-state index >= 15 is 0 Å². The molecule has 0 aliphatic carbocycles. The van der Waals surface area contributed by atoms with Crippen LogP contribution in [0.2, 0.25) is 0 Å². The van der Waals surface area contributed by atoms with Gasteiger partial charge in [-0.3, -0.25) is 0 Å². The van der Waals surface area contributed by atoms with Crippen LogP contribution in [-0.4, -0.2) is 35.0 Å². The third kappa shape index (κ3) is 2.99. The summed E-state index contributed by atoms with van der Waals surface area (Å²) in [6.07, 6.45) is 0. The highest BCUT2D eigenvalue weighted by Gasteiger charge is 2.14. The number of esters is 1. The van der Waals surface area contributed by atoms with Crippen LogP contribution in [0.3, 0.4) is 0 Å². The van der Waals surface area contributed by atoms with Gasteiger partial charge in [0.15, 0.2) is 5.82 Å². The number of aromatic nitrogens is 3. The lowest BCUT2D eigenvalue weighted by Gasteiger charge is -2.08. The normalized spacial score (nSPS) is 10.5. The number of ether oxygens (including phenoxy) is 2. The Hall–Kier alpha value is -3.15. The van der Waals surface area contributed by atoms with Crippen molar-refractivity contribution in [2.45, 2.75) is 6.92 Å². The number of carbonyl (C=O) groups excluding carboxylic acids is 1. The zero-order valence-corrected chi connectivity index (χ0v) is 13.7. The van der Waals surface area contributed by atoms with E-state index in [0.717, 1.165) is 17.0 Å². The Bertz CT molecular complexity index is 869. The van der Waals surface area contributed by atoms with E-state index in [9.17, 15) is 4.79 Å². The molecule has 1 aromatic heterocycles. The smallest absolute Gasteiger partial charge is 0.337 e. The minimum Gasteiger partial charge on any atom is -0.497 e. The zero-order chi connectivity index (χ0) is 17.1. The maximum atomic E-state index is 11.7. The molecule has 122 valence electrons. The highest BCUT2D eigenvalue weighted by Crippen LogP contribution is 2.23. The lowest BCUT2D eigenvalue weighted by Crippen LogP contribution is -2.03. The molecule has 24 heavy (non-hydrogen) atoms. The van der Waals surface area contributed by atoms with Gasteiger partial charge in [0.1, 0.15) is 11.6 Å². The quantitative estimate of drug-likeness (QED) is 0.690. The zero-order valence-electron chi connectivity index (χ0n) is 13.7. The molecule has 6 nitrogen and oxygen atoms in total. The molecule has 0 aliphatic rings. The van der Waals surface area contributed by atoms with Crippen LogP contribution in [0.15, 0.2) is 48.5 Å². The topological polar surface area (TPSA) is 66.2 Å². The molecule has 0 spiro atoms. The summed E-state index contributed by atoms with van der Waals surface area (Å²) in [4.78, 5) is 16.2. The van der Waals surface area contributed by atoms with Crippen LogP contribution >= 0.6 is 0 Å². The summed E-state index contributed by atoms with van der Waals surface area (Å²) < 4.78 is 11.7. The number of methoxy groups -OCH3 is 2. The molecule has 0 unspecified atom stereocenters. The fourth-order valence-corrected chi connectivity index (χ4v) is 2.41. The summed E-state index contributed by atoms with van der Waals surface area (Å²) >= 11 is 0. The second-order valence-corrected chi connectivity index (χ2v) is 5.16. The molecule has 1 heterocycles. The van der Waals surface area contributed by atoms with Gasteiger partial charge in [-0.2, -0.15) is 5.10 Å². The van der Waals surface area contributed by atoms with Crippen LogP contribution in [0.5, 0.6) is 5.75 Å². The SMILES string of the molecule is COC(=O)c1cccc(-c2nc(C)nn2-c2ccc(OC)cc2)c1. The van der Waals surface area contributed by atoms with Gasteiger partial charge in [-0.15, -0.1) is 0 Å². The summed E-state index contributed by atoms with van der Waals surface area (Å²) in [6.45, 7) is 1.83. The van der Waals surface area contributed by atoms with E-state index < -0.39 is 0 Å². The van der Waals surface area contributed by atoms with Crippen LogP contribution in [0, 0.1) is 6.92 Å². The molecule has 0 amide bonds. The minimum absolute atomic E-state index is 0.385. The predicted molar refractivity (Wildman–Crippen MR) is 89.4 cm³/mol. The average molecular weight is 323 g/mol. The number of aryl methyl sites for hydroxylation is 1. The van der Waals surface area contributed by atoms with E-state index in [1.165, 1.54) is 7.11 Å². The first-order valence-corrected chi connectivity index (χ1v) is 7.39.